The molecule has 340 valence electrons. The van der Waals surface area contributed by atoms with Crippen molar-refractivity contribution in [2.75, 3.05) is 0 Å². The van der Waals surface area contributed by atoms with E-state index in [4.69, 9.17) is 0 Å². The first-order valence-electron chi connectivity index (χ1n) is 27.1. The lowest BCUT2D eigenvalue weighted by Crippen LogP contribution is -2.53. The van der Waals surface area contributed by atoms with E-state index < -0.39 is 0 Å². The van der Waals surface area contributed by atoms with E-state index in [2.05, 4.69) is 117 Å². The fourth-order valence-electron chi connectivity index (χ4n) is 19.1. The van der Waals surface area contributed by atoms with E-state index in [9.17, 15) is 0 Å². The van der Waals surface area contributed by atoms with Gasteiger partial charge in [-0.05, 0) is 255 Å². The van der Waals surface area contributed by atoms with Crippen molar-refractivity contribution in [3.05, 3.63) is 23.8 Å². The summed E-state index contributed by atoms with van der Waals surface area (Å²) in [6, 6.07) is 0. The summed E-state index contributed by atoms with van der Waals surface area (Å²) in [5, 5.41) is 0. The molecule has 17 atom stereocenters. The van der Waals surface area contributed by atoms with Crippen molar-refractivity contribution >= 4 is 0 Å². The Hall–Kier alpha value is -0.520. The van der Waals surface area contributed by atoms with Gasteiger partial charge in [0.25, 0.3) is 0 Å². The zero-order valence-corrected chi connectivity index (χ0v) is 42.7. The fraction of sp³-hybridized carbons (Fsp3) is 0.933. The number of hydrogen-bond acceptors (Lipinski definition) is 0. The first kappa shape index (κ1) is 44.7. The van der Waals surface area contributed by atoms with Crippen molar-refractivity contribution in [1.29, 1.82) is 0 Å². The molecule has 0 heteroatoms. The molecular formula is C60H100. The average Bonchev–Trinajstić information content (AvgIpc) is 4.06. The molecule has 0 radical (unpaired) electrons. The third-order valence-electron chi connectivity index (χ3n) is 25.0. The molecule has 60 heavy (non-hydrogen) atoms. The smallest absolute Gasteiger partial charge is 0.0149 e. The van der Waals surface area contributed by atoms with Gasteiger partial charge in [-0.2, -0.15) is 0 Å². The molecule has 0 aromatic heterocycles. The molecule has 15 rings (SSSR count). The topological polar surface area (TPSA) is 0 Å². The number of fused-ring (bicyclic) bond motifs is 9. The van der Waals surface area contributed by atoms with Crippen LogP contribution in [0.15, 0.2) is 23.8 Å². The summed E-state index contributed by atoms with van der Waals surface area (Å²) >= 11 is 0. The Morgan fingerprint density at radius 2 is 1.08 bits per heavy atom. The van der Waals surface area contributed by atoms with Gasteiger partial charge in [0.2, 0.25) is 0 Å². The molecule has 17 unspecified atom stereocenters. The maximum atomic E-state index is 4.13. The zero-order chi connectivity index (χ0) is 43.3. The number of allylic oxidation sites excluding steroid dienone is 3. The van der Waals surface area contributed by atoms with E-state index in [1.807, 2.05) is 0 Å². The molecule has 0 aliphatic heterocycles. The van der Waals surface area contributed by atoms with Gasteiger partial charge in [0.05, 0.1) is 0 Å². The highest BCUT2D eigenvalue weighted by Gasteiger charge is 2.64. The van der Waals surface area contributed by atoms with E-state index in [-0.39, 0.29) is 0 Å². The lowest BCUT2D eigenvalue weighted by molar-refractivity contribution is -0.117. The van der Waals surface area contributed by atoms with E-state index in [0.717, 1.165) is 94.7 Å². The third kappa shape index (κ3) is 7.39. The molecule has 0 heterocycles. The van der Waals surface area contributed by atoms with Crippen LogP contribution in [0.25, 0.3) is 0 Å². The molecule has 14 fully saturated rings. The summed E-state index contributed by atoms with van der Waals surface area (Å²) in [7, 11) is 0. The predicted octanol–water partition coefficient (Wildman–Crippen LogP) is 17.7. The van der Waals surface area contributed by atoms with Crippen LogP contribution in [0.2, 0.25) is 0 Å². The second-order valence-corrected chi connectivity index (χ2v) is 29.7. The van der Waals surface area contributed by atoms with Crippen LogP contribution in [0.3, 0.4) is 0 Å². The SMILES string of the molecule is C=C1CCC2CC1C2(C)C.CC1(CC2CCC3CC2C3(C)C)CCC2C(C1)C2(C)C.CC1=CCC2C(C1)C2(C)C.CC1CC2C(CC1CC1CCC3CC1C3(C)C)C2(C)C. The molecule has 0 nitrogen and oxygen atoms in total. The Bertz CT molecular complexity index is 1650. The minimum atomic E-state index is 0.606. The predicted molar refractivity (Wildman–Crippen MR) is 258 cm³/mol. The zero-order valence-electron chi connectivity index (χ0n) is 42.7. The van der Waals surface area contributed by atoms with Crippen molar-refractivity contribution in [1.82, 2.24) is 0 Å². The number of hydrogen-bond donors (Lipinski definition) is 0. The summed E-state index contributed by atoms with van der Waals surface area (Å²) in [5.41, 5.74) is 7.83. The minimum Gasteiger partial charge on any atom is -0.0996 e. The molecule has 0 amide bonds. The highest BCUT2D eigenvalue weighted by Crippen LogP contribution is 2.72. The Kier molecular flexibility index (Phi) is 11.0. The summed E-state index contributed by atoms with van der Waals surface area (Å²) in [4.78, 5) is 0. The quantitative estimate of drug-likeness (QED) is 0.248. The summed E-state index contributed by atoms with van der Waals surface area (Å²) in [5.74, 6) is 16.7. The van der Waals surface area contributed by atoms with Crippen LogP contribution in [0.5, 0.6) is 0 Å². The van der Waals surface area contributed by atoms with Gasteiger partial charge < -0.3 is 0 Å². The van der Waals surface area contributed by atoms with Gasteiger partial charge in [-0.1, -0.05) is 121 Å². The molecule has 0 aromatic rings. The molecular weight excluding hydrogens is 721 g/mol. The van der Waals surface area contributed by atoms with E-state index >= 15 is 0 Å². The first-order valence-corrected chi connectivity index (χ1v) is 27.1. The monoisotopic (exact) mass is 821 g/mol. The van der Waals surface area contributed by atoms with Crippen molar-refractivity contribution in [2.45, 2.75) is 219 Å². The molecule has 0 N–H and O–H groups in total. The summed E-state index contributed by atoms with van der Waals surface area (Å²) in [6.07, 6.45) is 29.4. The van der Waals surface area contributed by atoms with Crippen molar-refractivity contribution in [3.8, 4) is 0 Å². The third-order valence-corrected chi connectivity index (χ3v) is 25.0. The maximum absolute atomic E-state index is 4.13. The Morgan fingerprint density at radius 1 is 0.517 bits per heavy atom. The van der Waals surface area contributed by atoms with Crippen molar-refractivity contribution in [3.63, 3.8) is 0 Å². The molecule has 0 aromatic carbocycles. The summed E-state index contributed by atoms with van der Waals surface area (Å²) < 4.78 is 0. The maximum Gasteiger partial charge on any atom is -0.0149 e. The highest BCUT2D eigenvalue weighted by atomic mass is 14.7. The highest BCUT2D eigenvalue weighted by molar-refractivity contribution is 5.20. The van der Waals surface area contributed by atoms with Crippen LogP contribution < -0.4 is 0 Å². The molecule has 0 saturated heterocycles. The van der Waals surface area contributed by atoms with Gasteiger partial charge >= 0.3 is 0 Å². The van der Waals surface area contributed by atoms with E-state index in [0.29, 0.717) is 37.9 Å². The van der Waals surface area contributed by atoms with Crippen LogP contribution in [-0.4, -0.2) is 0 Å². The van der Waals surface area contributed by atoms with Gasteiger partial charge in [0, 0.05) is 0 Å². The van der Waals surface area contributed by atoms with Gasteiger partial charge in [-0.3, -0.25) is 0 Å². The van der Waals surface area contributed by atoms with Gasteiger partial charge in [0.15, 0.2) is 0 Å². The largest absolute Gasteiger partial charge is 0.0996 e. The normalized spacial score (nSPS) is 50.6. The second kappa shape index (κ2) is 14.7. The lowest BCUT2D eigenvalue weighted by atomic mass is 9.44. The van der Waals surface area contributed by atoms with Crippen LogP contribution in [0, 0.1) is 133 Å². The van der Waals surface area contributed by atoms with Crippen molar-refractivity contribution < 1.29 is 0 Å². The van der Waals surface area contributed by atoms with Crippen molar-refractivity contribution in [2.24, 2.45) is 133 Å². The van der Waals surface area contributed by atoms with Crippen LogP contribution >= 0.6 is 0 Å². The first-order chi connectivity index (χ1) is 27.8. The van der Waals surface area contributed by atoms with Gasteiger partial charge in [0.1, 0.15) is 0 Å². The van der Waals surface area contributed by atoms with Crippen LogP contribution in [0.1, 0.15) is 219 Å². The van der Waals surface area contributed by atoms with E-state index in [1.165, 1.54) is 76.2 Å². The molecule has 15 aliphatic rings. The Labute approximate surface area is 374 Å². The minimum absolute atomic E-state index is 0.606. The molecule has 14 saturated carbocycles. The molecule has 6 bridgehead atoms. The van der Waals surface area contributed by atoms with Crippen LogP contribution in [-0.2, 0) is 0 Å². The Balaban J connectivity index is 0.000000108. The summed E-state index contributed by atoms with van der Waals surface area (Å²) in [6.45, 7) is 41.5. The second-order valence-electron chi connectivity index (χ2n) is 29.7. The average molecular weight is 821 g/mol. The fourth-order valence-corrected chi connectivity index (χ4v) is 19.1. The Morgan fingerprint density at radius 3 is 1.60 bits per heavy atom. The lowest BCUT2D eigenvalue weighted by Gasteiger charge is -2.61. The van der Waals surface area contributed by atoms with Gasteiger partial charge in [-0.15, -0.1) is 0 Å². The number of rotatable bonds is 4. The molecule has 15 aliphatic carbocycles. The standard InChI is InChI=1S/2C20H34.2C10H16/c1-12-8-17-18(20(17,4)5)10-14(12)9-13-6-7-15-11-16(13)19(15,2)3;1-18(2)14-7-6-13(16(18)10-14)11-20(5)9-8-15-17(12-20)19(15,3)4;1-7-4-5-8-6-9(7)10(8,2)3;1-7-4-5-8-9(6-7)10(8,2)3/h12-18H,6-11H2,1-5H3;13-17H,6-12H2,1-5H3;8-9H,1,4-6H2,2-3H3;4,8-9H,5-6H2,1-3H3. The van der Waals surface area contributed by atoms with Crippen LogP contribution in [0.4, 0.5) is 0 Å². The molecule has 0 spiro atoms. The van der Waals surface area contributed by atoms with Gasteiger partial charge in [-0.25, -0.2) is 0 Å². The van der Waals surface area contributed by atoms with E-state index in [1.54, 1.807) is 50.5 Å².